The molecule has 3 aromatic carbocycles. The number of nitro groups is 1. The highest BCUT2D eigenvalue weighted by Crippen LogP contribution is 2.42. The lowest BCUT2D eigenvalue weighted by molar-refractivity contribution is -0.385. The van der Waals surface area contributed by atoms with E-state index in [1.807, 2.05) is 50.2 Å². The zero-order valence-electron chi connectivity index (χ0n) is 25.1. The quantitative estimate of drug-likeness (QED) is 0.0939. The van der Waals surface area contributed by atoms with Crippen LogP contribution < -0.4 is 15.8 Å². The highest BCUT2D eigenvalue weighted by molar-refractivity contribution is 5.99. The second kappa shape index (κ2) is 13.3. The summed E-state index contributed by atoms with van der Waals surface area (Å²) in [6.45, 7) is 6.59. The van der Waals surface area contributed by atoms with Crippen LogP contribution in [0.15, 0.2) is 89.3 Å². The second-order valence-electron chi connectivity index (χ2n) is 11.3. The van der Waals surface area contributed by atoms with Gasteiger partial charge in [-0.05, 0) is 37.6 Å². The van der Waals surface area contributed by atoms with Crippen molar-refractivity contribution in [3.05, 3.63) is 105 Å². The summed E-state index contributed by atoms with van der Waals surface area (Å²) in [5.74, 6) is -3.11. The fourth-order valence-electron chi connectivity index (χ4n) is 5.46. The van der Waals surface area contributed by atoms with E-state index in [4.69, 9.17) is 15.2 Å². The number of esters is 1. The number of nitrogens with zero attached hydrogens (tertiary/aromatic N) is 1. The predicted octanol–water partition coefficient (Wildman–Crippen LogP) is 5.14. The van der Waals surface area contributed by atoms with Crippen molar-refractivity contribution in [2.24, 2.45) is 11.7 Å². The number of carboxylic acid groups (broad SMARTS) is 1. The van der Waals surface area contributed by atoms with Crippen LogP contribution in [-0.4, -0.2) is 45.5 Å². The minimum atomic E-state index is -1.33. The number of hydrogen-bond donors (Lipinski definition) is 4. The molecule has 0 aliphatic carbocycles. The molecule has 11 nitrogen and oxygen atoms in total. The van der Waals surface area contributed by atoms with E-state index in [0.717, 1.165) is 10.8 Å². The van der Waals surface area contributed by atoms with Gasteiger partial charge in [-0.3, -0.25) is 10.1 Å². The number of dihydropyridines is 1. The number of ether oxygens (including phenoxy) is 2. The van der Waals surface area contributed by atoms with Crippen molar-refractivity contribution in [2.45, 2.75) is 58.3 Å². The zero-order chi connectivity index (χ0) is 32.2. The van der Waals surface area contributed by atoms with Gasteiger partial charge in [-0.1, -0.05) is 68.4 Å². The minimum Gasteiger partial charge on any atom is -0.478 e. The highest BCUT2D eigenvalue weighted by Gasteiger charge is 2.41. The molecule has 232 valence electrons. The molecule has 3 aromatic rings. The van der Waals surface area contributed by atoms with Crippen molar-refractivity contribution in [3.63, 3.8) is 0 Å². The van der Waals surface area contributed by atoms with Gasteiger partial charge in [0.2, 0.25) is 0 Å². The molecular formula is C33H37N3O8. The average Bonchev–Trinajstić information content (AvgIpc) is 2.98. The molecule has 0 fully saturated rings. The molecule has 0 radical (unpaired) electrons. The summed E-state index contributed by atoms with van der Waals surface area (Å²) in [5.41, 5.74) is 5.68. The number of hydrogen-bond acceptors (Lipinski definition) is 9. The van der Waals surface area contributed by atoms with E-state index in [0.29, 0.717) is 11.4 Å². The summed E-state index contributed by atoms with van der Waals surface area (Å²) >= 11 is 0. The molecule has 0 saturated carbocycles. The Hall–Kier alpha value is -4.74. The number of carbonyl (C=O) groups excluding carboxylic acids is 1. The Morgan fingerprint density at radius 3 is 2.34 bits per heavy atom. The van der Waals surface area contributed by atoms with E-state index in [2.05, 4.69) is 5.32 Å². The molecule has 44 heavy (non-hydrogen) atoms. The van der Waals surface area contributed by atoms with Crippen LogP contribution in [0.1, 0.15) is 52.0 Å². The fourth-order valence-corrected chi connectivity index (χ4v) is 5.46. The molecule has 5 N–H and O–H groups in total. The van der Waals surface area contributed by atoms with Gasteiger partial charge >= 0.3 is 11.9 Å². The molecule has 3 atom stereocenters. The molecule has 1 heterocycles. The topological polar surface area (TPSA) is 174 Å². The van der Waals surface area contributed by atoms with E-state index < -0.39 is 34.6 Å². The average molecular weight is 604 g/mol. The number of nitro benzene ring substituents is 1. The number of rotatable bonds is 12. The number of nitrogens with one attached hydrogen (secondary N) is 1. The molecule has 3 unspecified atom stereocenters. The van der Waals surface area contributed by atoms with Gasteiger partial charge in [-0.2, -0.15) is 0 Å². The number of aliphatic hydroxyl groups is 1. The molecule has 0 aromatic heterocycles. The van der Waals surface area contributed by atoms with Gasteiger partial charge in [-0.15, -0.1) is 0 Å². The number of nitrogens with two attached hydrogens (primary N) is 1. The molecule has 0 saturated heterocycles. The standard InChI is InChI=1S/C33H37N3O8/c1-19(2)33(34,17-16-27(37)44-26-15-9-11-22-10-5-6-12-23(22)26)18-43-32(40)29-21(4)35-20(3)28(31(38)39)30(29)24-13-7-8-14-25(24)36(41)42/h5-15,19,27,30,35,37H,16-18,34H2,1-4H3,(H,38,39). The summed E-state index contributed by atoms with van der Waals surface area (Å²) in [6.07, 6.45) is -0.810. The number of carbonyl (C=O) groups is 2. The molecule has 4 rings (SSSR count). The Bertz CT molecular complexity index is 1640. The number of benzene rings is 3. The van der Waals surface area contributed by atoms with Gasteiger partial charge in [-0.25, -0.2) is 9.59 Å². The predicted molar refractivity (Wildman–Crippen MR) is 165 cm³/mol. The first kappa shape index (κ1) is 32.2. The zero-order valence-corrected chi connectivity index (χ0v) is 25.1. The van der Waals surface area contributed by atoms with Crippen molar-refractivity contribution in [1.82, 2.24) is 5.32 Å². The largest absolute Gasteiger partial charge is 0.478 e. The first-order valence-corrected chi connectivity index (χ1v) is 14.3. The number of para-hydroxylation sites is 1. The van der Waals surface area contributed by atoms with Crippen LogP contribution in [0.3, 0.4) is 0 Å². The van der Waals surface area contributed by atoms with Crippen molar-refractivity contribution in [3.8, 4) is 5.75 Å². The Morgan fingerprint density at radius 1 is 1.02 bits per heavy atom. The summed E-state index contributed by atoms with van der Waals surface area (Å²) in [5, 5.41) is 37.4. The van der Waals surface area contributed by atoms with Crippen LogP contribution in [-0.2, 0) is 14.3 Å². The Kier molecular flexibility index (Phi) is 9.71. The highest BCUT2D eigenvalue weighted by atomic mass is 16.6. The number of fused-ring (bicyclic) bond motifs is 1. The lowest BCUT2D eigenvalue weighted by Gasteiger charge is -2.35. The van der Waals surface area contributed by atoms with Gasteiger partial charge in [0, 0.05) is 34.8 Å². The van der Waals surface area contributed by atoms with Gasteiger partial charge in [0.1, 0.15) is 12.4 Å². The molecule has 0 spiro atoms. The molecule has 1 aliphatic heterocycles. The van der Waals surface area contributed by atoms with Crippen LogP contribution in [0.2, 0.25) is 0 Å². The van der Waals surface area contributed by atoms with Gasteiger partial charge in [0.15, 0.2) is 6.29 Å². The van der Waals surface area contributed by atoms with Crippen LogP contribution in [0.25, 0.3) is 10.8 Å². The summed E-state index contributed by atoms with van der Waals surface area (Å²) in [7, 11) is 0. The summed E-state index contributed by atoms with van der Waals surface area (Å²) < 4.78 is 11.6. The Morgan fingerprint density at radius 2 is 1.66 bits per heavy atom. The van der Waals surface area contributed by atoms with Gasteiger partial charge in [0.25, 0.3) is 5.69 Å². The number of carboxylic acids is 1. The van der Waals surface area contributed by atoms with Crippen LogP contribution in [0.4, 0.5) is 5.69 Å². The lowest BCUT2D eigenvalue weighted by atomic mass is 9.79. The van der Waals surface area contributed by atoms with E-state index >= 15 is 0 Å². The van der Waals surface area contributed by atoms with Crippen molar-refractivity contribution in [2.75, 3.05) is 6.61 Å². The monoisotopic (exact) mass is 603 g/mol. The smallest absolute Gasteiger partial charge is 0.336 e. The molecule has 0 amide bonds. The molecule has 1 aliphatic rings. The van der Waals surface area contributed by atoms with E-state index in [1.165, 1.54) is 25.1 Å². The van der Waals surface area contributed by atoms with E-state index in [9.17, 15) is 29.9 Å². The third-order valence-electron chi connectivity index (χ3n) is 8.15. The van der Waals surface area contributed by atoms with Crippen LogP contribution in [0.5, 0.6) is 5.75 Å². The van der Waals surface area contributed by atoms with Gasteiger partial charge < -0.3 is 30.7 Å². The van der Waals surface area contributed by atoms with Crippen LogP contribution in [0, 0.1) is 16.0 Å². The molecular weight excluding hydrogens is 566 g/mol. The Labute approximate surface area is 255 Å². The van der Waals surface area contributed by atoms with Crippen molar-refractivity contribution < 1.29 is 34.2 Å². The maximum atomic E-state index is 13.7. The Balaban J connectivity index is 1.54. The normalized spacial score (nSPS) is 17.2. The van der Waals surface area contributed by atoms with E-state index in [-0.39, 0.29) is 53.5 Å². The van der Waals surface area contributed by atoms with E-state index in [1.54, 1.807) is 19.1 Å². The first-order valence-electron chi connectivity index (χ1n) is 14.3. The van der Waals surface area contributed by atoms with Gasteiger partial charge in [0.05, 0.1) is 27.5 Å². The SMILES string of the molecule is CC1=C(C(=O)O)C(c2ccccc2[N+](=O)[O-])C(C(=O)OCC(N)(CCC(O)Oc2cccc3ccccc23)C(C)C)=C(C)N1. The maximum absolute atomic E-state index is 13.7. The number of allylic oxidation sites excluding steroid dienone is 2. The maximum Gasteiger partial charge on any atom is 0.336 e. The van der Waals surface area contributed by atoms with Crippen LogP contribution >= 0.6 is 0 Å². The first-order chi connectivity index (χ1) is 20.8. The summed E-state index contributed by atoms with van der Waals surface area (Å²) in [6, 6.07) is 18.9. The molecule has 11 heteroatoms. The third-order valence-corrected chi connectivity index (χ3v) is 8.15. The summed E-state index contributed by atoms with van der Waals surface area (Å²) in [4.78, 5) is 37.3. The van der Waals surface area contributed by atoms with Crippen molar-refractivity contribution in [1.29, 1.82) is 0 Å². The lowest BCUT2D eigenvalue weighted by Crippen LogP contribution is -2.50. The van der Waals surface area contributed by atoms with Crippen molar-refractivity contribution >= 4 is 28.4 Å². The third kappa shape index (κ3) is 6.74. The molecule has 0 bridgehead atoms. The number of aliphatic carboxylic acids is 1. The minimum absolute atomic E-state index is 0.0543. The fraction of sp³-hybridized carbons (Fsp3) is 0.333. The number of aliphatic hydroxyl groups excluding tert-OH is 1. The second-order valence-corrected chi connectivity index (χ2v) is 11.3.